The van der Waals surface area contributed by atoms with Gasteiger partial charge in [0.05, 0.1) is 12.5 Å². The minimum absolute atomic E-state index is 0.528. The Kier molecular flexibility index (Phi) is 2.22. The topological polar surface area (TPSA) is 9.23 Å². The molecule has 0 atom stereocenters. The number of rotatable bonds is 1. The van der Waals surface area contributed by atoms with Crippen molar-refractivity contribution in [1.82, 2.24) is 0 Å². The number of alkyl halides is 1. The van der Waals surface area contributed by atoms with Gasteiger partial charge in [-0.1, -0.05) is 0 Å². The maximum Gasteiger partial charge on any atom is 0.107 e. The van der Waals surface area contributed by atoms with Crippen molar-refractivity contribution in [1.29, 1.82) is 0 Å². The standard InChI is InChI=1S/C6H9ClO/c7-5-6-3-1-2-4-8-6/h3H,1-2,4-5H2. The highest BCUT2D eigenvalue weighted by Gasteiger charge is 2.00. The van der Waals surface area contributed by atoms with Gasteiger partial charge in [0.1, 0.15) is 5.76 Å². The van der Waals surface area contributed by atoms with E-state index in [1.165, 1.54) is 0 Å². The molecule has 0 fully saturated rings. The van der Waals surface area contributed by atoms with Gasteiger partial charge in [-0.05, 0) is 18.9 Å². The molecule has 0 aromatic carbocycles. The summed E-state index contributed by atoms with van der Waals surface area (Å²) in [6.45, 7) is 0.846. The van der Waals surface area contributed by atoms with Crippen LogP contribution in [0.5, 0.6) is 0 Å². The highest BCUT2D eigenvalue weighted by atomic mass is 35.5. The summed E-state index contributed by atoms with van der Waals surface area (Å²) in [4.78, 5) is 0. The Morgan fingerprint density at radius 1 is 1.75 bits per heavy atom. The summed E-state index contributed by atoms with van der Waals surface area (Å²) in [6, 6.07) is 0. The molecule has 0 aromatic heterocycles. The average Bonchev–Trinajstić information content (AvgIpc) is 1.90. The molecule has 0 saturated carbocycles. The summed E-state index contributed by atoms with van der Waals surface area (Å²) >= 11 is 5.49. The lowest BCUT2D eigenvalue weighted by Crippen LogP contribution is -2.01. The minimum atomic E-state index is 0.528. The molecule has 0 amide bonds. The fourth-order valence-corrected chi connectivity index (χ4v) is 0.888. The molecular formula is C6H9ClO. The van der Waals surface area contributed by atoms with Crippen molar-refractivity contribution in [2.75, 3.05) is 12.5 Å². The molecular weight excluding hydrogens is 124 g/mol. The molecule has 0 spiro atoms. The second kappa shape index (κ2) is 2.98. The van der Waals surface area contributed by atoms with Gasteiger partial charge >= 0.3 is 0 Å². The van der Waals surface area contributed by atoms with Gasteiger partial charge in [-0.15, -0.1) is 11.6 Å². The lowest BCUT2D eigenvalue weighted by atomic mass is 10.2. The zero-order valence-electron chi connectivity index (χ0n) is 4.69. The highest BCUT2D eigenvalue weighted by molar-refractivity contribution is 6.19. The lowest BCUT2D eigenvalue weighted by Gasteiger charge is -2.11. The van der Waals surface area contributed by atoms with Gasteiger partial charge in [0.25, 0.3) is 0 Å². The zero-order chi connectivity index (χ0) is 5.82. The van der Waals surface area contributed by atoms with E-state index in [1.54, 1.807) is 0 Å². The van der Waals surface area contributed by atoms with Crippen LogP contribution >= 0.6 is 11.6 Å². The Labute approximate surface area is 54.3 Å². The van der Waals surface area contributed by atoms with E-state index in [4.69, 9.17) is 16.3 Å². The lowest BCUT2D eigenvalue weighted by molar-refractivity contribution is 0.197. The highest BCUT2D eigenvalue weighted by Crippen LogP contribution is 2.09. The first kappa shape index (κ1) is 5.96. The fourth-order valence-electron chi connectivity index (χ4n) is 0.702. The molecule has 0 bridgehead atoms. The Morgan fingerprint density at radius 3 is 3.00 bits per heavy atom. The van der Waals surface area contributed by atoms with Crippen LogP contribution in [0.15, 0.2) is 11.8 Å². The predicted molar refractivity (Wildman–Crippen MR) is 34.0 cm³/mol. The van der Waals surface area contributed by atoms with E-state index in [9.17, 15) is 0 Å². The van der Waals surface area contributed by atoms with Gasteiger partial charge in [0.15, 0.2) is 0 Å². The third-order valence-corrected chi connectivity index (χ3v) is 1.40. The summed E-state index contributed by atoms with van der Waals surface area (Å²) in [7, 11) is 0. The molecule has 0 unspecified atom stereocenters. The van der Waals surface area contributed by atoms with Crippen molar-refractivity contribution in [3.8, 4) is 0 Å². The third kappa shape index (κ3) is 1.41. The van der Waals surface area contributed by atoms with Gasteiger partial charge in [0, 0.05) is 0 Å². The van der Waals surface area contributed by atoms with Gasteiger partial charge in [0.2, 0.25) is 0 Å². The van der Waals surface area contributed by atoms with Gasteiger partial charge in [-0.2, -0.15) is 0 Å². The maximum absolute atomic E-state index is 5.49. The molecule has 1 heterocycles. The molecule has 1 aliphatic rings. The van der Waals surface area contributed by atoms with Crippen molar-refractivity contribution in [3.05, 3.63) is 11.8 Å². The first-order valence-electron chi connectivity index (χ1n) is 2.81. The number of ether oxygens (including phenoxy) is 1. The van der Waals surface area contributed by atoms with E-state index in [0.717, 1.165) is 25.2 Å². The monoisotopic (exact) mass is 132 g/mol. The van der Waals surface area contributed by atoms with Crippen LogP contribution in [-0.2, 0) is 4.74 Å². The normalized spacial score (nSPS) is 19.4. The summed E-state index contributed by atoms with van der Waals surface area (Å²) < 4.78 is 5.16. The first-order valence-corrected chi connectivity index (χ1v) is 3.35. The molecule has 0 N–H and O–H groups in total. The van der Waals surface area contributed by atoms with Crippen molar-refractivity contribution in [2.45, 2.75) is 12.8 Å². The molecule has 1 rings (SSSR count). The molecule has 2 heteroatoms. The van der Waals surface area contributed by atoms with Gasteiger partial charge < -0.3 is 4.74 Å². The number of hydrogen-bond donors (Lipinski definition) is 0. The summed E-state index contributed by atoms with van der Waals surface area (Å²) in [5.74, 6) is 1.47. The largest absolute Gasteiger partial charge is 0.497 e. The van der Waals surface area contributed by atoms with Crippen LogP contribution in [0.2, 0.25) is 0 Å². The SMILES string of the molecule is ClCC1=CCCCO1. The Hall–Kier alpha value is -0.170. The van der Waals surface area contributed by atoms with Crippen molar-refractivity contribution >= 4 is 11.6 Å². The van der Waals surface area contributed by atoms with E-state index in [-0.39, 0.29) is 0 Å². The van der Waals surface area contributed by atoms with Crippen LogP contribution in [0, 0.1) is 0 Å². The molecule has 0 radical (unpaired) electrons. The van der Waals surface area contributed by atoms with Crippen LogP contribution in [0.4, 0.5) is 0 Å². The van der Waals surface area contributed by atoms with Crippen LogP contribution in [0.25, 0.3) is 0 Å². The Balaban J connectivity index is 2.37. The Morgan fingerprint density at radius 2 is 2.62 bits per heavy atom. The molecule has 0 aromatic rings. The maximum atomic E-state index is 5.49. The smallest absolute Gasteiger partial charge is 0.107 e. The average molecular weight is 133 g/mol. The van der Waals surface area contributed by atoms with E-state index in [0.29, 0.717) is 5.88 Å². The molecule has 1 aliphatic heterocycles. The van der Waals surface area contributed by atoms with E-state index in [2.05, 4.69) is 6.08 Å². The molecule has 8 heavy (non-hydrogen) atoms. The predicted octanol–water partition coefficient (Wildman–Crippen LogP) is 1.92. The zero-order valence-corrected chi connectivity index (χ0v) is 5.45. The second-order valence-corrected chi connectivity index (χ2v) is 2.06. The van der Waals surface area contributed by atoms with Crippen LogP contribution < -0.4 is 0 Å². The molecule has 0 saturated heterocycles. The van der Waals surface area contributed by atoms with Crippen LogP contribution in [0.1, 0.15) is 12.8 Å². The third-order valence-electron chi connectivity index (χ3n) is 1.14. The van der Waals surface area contributed by atoms with Crippen molar-refractivity contribution < 1.29 is 4.74 Å². The number of halogens is 1. The van der Waals surface area contributed by atoms with Gasteiger partial charge in [-0.3, -0.25) is 0 Å². The molecule has 46 valence electrons. The van der Waals surface area contributed by atoms with E-state index in [1.807, 2.05) is 0 Å². The first-order chi connectivity index (χ1) is 3.93. The van der Waals surface area contributed by atoms with Crippen LogP contribution in [0.3, 0.4) is 0 Å². The Bertz CT molecular complexity index is 98.7. The minimum Gasteiger partial charge on any atom is -0.497 e. The number of allylic oxidation sites excluding steroid dienone is 2. The second-order valence-electron chi connectivity index (χ2n) is 1.79. The summed E-state index contributed by atoms with van der Waals surface area (Å²) in [5, 5.41) is 0. The van der Waals surface area contributed by atoms with Gasteiger partial charge in [-0.25, -0.2) is 0 Å². The van der Waals surface area contributed by atoms with Crippen molar-refractivity contribution in [3.63, 3.8) is 0 Å². The summed E-state index contributed by atoms with van der Waals surface area (Å²) in [6.07, 6.45) is 4.32. The van der Waals surface area contributed by atoms with E-state index >= 15 is 0 Å². The quantitative estimate of drug-likeness (QED) is 0.496. The van der Waals surface area contributed by atoms with Crippen LogP contribution in [-0.4, -0.2) is 12.5 Å². The van der Waals surface area contributed by atoms with Crippen molar-refractivity contribution in [2.24, 2.45) is 0 Å². The molecule has 0 aliphatic carbocycles. The summed E-state index contributed by atoms with van der Waals surface area (Å²) in [5.41, 5.74) is 0. The number of hydrogen-bond acceptors (Lipinski definition) is 1. The fraction of sp³-hybridized carbons (Fsp3) is 0.667. The molecule has 1 nitrogen and oxygen atoms in total. The van der Waals surface area contributed by atoms with E-state index < -0.39 is 0 Å².